The lowest BCUT2D eigenvalue weighted by Gasteiger charge is -2.36. The van der Waals surface area contributed by atoms with Crippen molar-refractivity contribution in [1.82, 2.24) is 10.2 Å². The van der Waals surface area contributed by atoms with Crippen molar-refractivity contribution in [2.24, 2.45) is 0 Å². The van der Waals surface area contributed by atoms with Gasteiger partial charge in [-0.3, -0.25) is 24.5 Å². The molecule has 3 rings (SSSR count). The number of nitrogens with zero attached hydrogens (tertiary/aromatic N) is 3. The zero-order valence-corrected chi connectivity index (χ0v) is 18.1. The number of benzene rings is 2. The average molecular weight is 456 g/mol. The Morgan fingerprint density at radius 2 is 1.70 bits per heavy atom. The SMILES string of the molecule is COc1ccccc1C(=O)NCC(=O)OCC(=O)N1CCN(c2ccc([N+](=O)[O-])cc2)CC1. The fourth-order valence-corrected chi connectivity index (χ4v) is 3.36. The van der Waals surface area contributed by atoms with Crippen LogP contribution in [0.15, 0.2) is 48.5 Å². The molecule has 1 fully saturated rings. The molecule has 2 aromatic carbocycles. The molecule has 11 heteroatoms. The Morgan fingerprint density at radius 3 is 2.33 bits per heavy atom. The number of ether oxygens (including phenoxy) is 2. The normalized spacial score (nSPS) is 13.2. The Kier molecular flexibility index (Phi) is 7.79. The van der Waals surface area contributed by atoms with E-state index in [0.29, 0.717) is 31.9 Å². The van der Waals surface area contributed by atoms with E-state index in [1.165, 1.54) is 19.2 Å². The number of carbonyl (C=O) groups is 3. The van der Waals surface area contributed by atoms with E-state index in [4.69, 9.17) is 9.47 Å². The van der Waals surface area contributed by atoms with Gasteiger partial charge in [0.1, 0.15) is 12.3 Å². The number of hydrogen-bond acceptors (Lipinski definition) is 8. The first-order chi connectivity index (χ1) is 15.9. The van der Waals surface area contributed by atoms with Crippen LogP contribution in [0.3, 0.4) is 0 Å². The van der Waals surface area contributed by atoms with Crippen LogP contribution in [0.4, 0.5) is 11.4 Å². The number of carbonyl (C=O) groups excluding carboxylic acids is 3. The number of methoxy groups -OCH3 is 1. The fraction of sp³-hybridized carbons (Fsp3) is 0.318. The number of anilines is 1. The second-order valence-electron chi connectivity index (χ2n) is 7.18. The Morgan fingerprint density at radius 1 is 1.03 bits per heavy atom. The van der Waals surface area contributed by atoms with Crippen molar-refractivity contribution in [3.63, 3.8) is 0 Å². The number of rotatable bonds is 8. The van der Waals surface area contributed by atoms with Gasteiger partial charge in [-0.15, -0.1) is 0 Å². The van der Waals surface area contributed by atoms with Crippen molar-refractivity contribution < 1.29 is 28.8 Å². The van der Waals surface area contributed by atoms with Crippen LogP contribution in [0.5, 0.6) is 5.75 Å². The maximum atomic E-state index is 12.4. The third kappa shape index (κ3) is 6.19. The van der Waals surface area contributed by atoms with E-state index in [-0.39, 0.29) is 23.7 Å². The van der Waals surface area contributed by atoms with E-state index in [9.17, 15) is 24.5 Å². The highest BCUT2D eigenvalue weighted by Gasteiger charge is 2.23. The summed E-state index contributed by atoms with van der Waals surface area (Å²) in [5, 5.41) is 13.2. The van der Waals surface area contributed by atoms with Gasteiger partial charge in [-0.25, -0.2) is 0 Å². The van der Waals surface area contributed by atoms with Crippen LogP contribution < -0.4 is 15.0 Å². The maximum absolute atomic E-state index is 12.4. The molecule has 0 atom stereocenters. The van der Waals surface area contributed by atoms with Gasteiger partial charge in [0.05, 0.1) is 17.6 Å². The minimum atomic E-state index is -0.726. The van der Waals surface area contributed by atoms with Crippen LogP contribution in [0.1, 0.15) is 10.4 Å². The number of esters is 1. The molecule has 1 heterocycles. The molecule has 2 amide bonds. The molecular weight excluding hydrogens is 432 g/mol. The topological polar surface area (TPSA) is 131 Å². The van der Waals surface area contributed by atoms with E-state index in [2.05, 4.69) is 5.32 Å². The molecule has 0 unspecified atom stereocenters. The van der Waals surface area contributed by atoms with Crippen LogP contribution >= 0.6 is 0 Å². The number of para-hydroxylation sites is 1. The largest absolute Gasteiger partial charge is 0.496 e. The molecule has 1 N–H and O–H groups in total. The highest BCUT2D eigenvalue weighted by atomic mass is 16.6. The number of nitrogens with one attached hydrogen (secondary N) is 1. The summed E-state index contributed by atoms with van der Waals surface area (Å²) in [5.41, 5.74) is 1.15. The van der Waals surface area contributed by atoms with Crippen molar-refractivity contribution in [2.45, 2.75) is 0 Å². The monoisotopic (exact) mass is 456 g/mol. The quantitative estimate of drug-likeness (QED) is 0.356. The summed E-state index contributed by atoms with van der Waals surface area (Å²) in [5.74, 6) is -1.16. The first-order valence-electron chi connectivity index (χ1n) is 10.2. The standard InChI is InChI=1S/C22H24N4O7/c1-32-19-5-3-2-4-18(19)22(29)23-14-21(28)33-15-20(27)25-12-10-24(11-13-25)16-6-8-17(9-7-16)26(30)31/h2-9H,10-15H2,1H3,(H,23,29). The molecule has 1 aliphatic rings. The lowest BCUT2D eigenvalue weighted by molar-refractivity contribution is -0.384. The van der Waals surface area contributed by atoms with Gasteiger partial charge in [-0.1, -0.05) is 12.1 Å². The Labute approximate surface area is 190 Å². The summed E-state index contributed by atoms with van der Waals surface area (Å²) in [7, 11) is 1.44. The van der Waals surface area contributed by atoms with Crippen molar-refractivity contribution in [1.29, 1.82) is 0 Å². The molecule has 0 aromatic heterocycles. The molecular formula is C22H24N4O7. The summed E-state index contributed by atoms with van der Waals surface area (Å²) in [6, 6.07) is 12.8. The van der Waals surface area contributed by atoms with Gasteiger partial charge in [0, 0.05) is 44.0 Å². The van der Waals surface area contributed by atoms with Gasteiger partial charge in [-0.2, -0.15) is 0 Å². The molecule has 0 bridgehead atoms. The van der Waals surface area contributed by atoms with Crippen LogP contribution in [-0.4, -0.2) is 74.0 Å². The van der Waals surface area contributed by atoms with E-state index in [0.717, 1.165) is 5.69 Å². The molecule has 0 radical (unpaired) electrons. The number of hydrogen-bond donors (Lipinski definition) is 1. The number of non-ortho nitro benzene ring substituents is 1. The predicted octanol–water partition coefficient (Wildman–Crippen LogP) is 1.23. The summed E-state index contributed by atoms with van der Waals surface area (Å²) in [6.45, 7) is 1.16. The average Bonchev–Trinajstić information content (AvgIpc) is 2.85. The Bertz CT molecular complexity index is 1020. The molecule has 0 spiro atoms. The molecule has 11 nitrogen and oxygen atoms in total. The second kappa shape index (κ2) is 10.9. The minimum Gasteiger partial charge on any atom is -0.496 e. The lowest BCUT2D eigenvalue weighted by Crippen LogP contribution is -2.50. The zero-order valence-electron chi connectivity index (χ0n) is 18.1. The van der Waals surface area contributed by atoms with Gasteiger partial charge >= 0.3 is 5.97 Å². The fourth-order valence-electron chi connectivity index (χ4n) is 3.36. The van der Waals surface area contributed by atoms with Crippen molar-refractivity contribution in [3.8, 4) is 5.75 Å². The highest BCUT2D eigenvalue weighted by molar-refractivity contribution is 5.98. The lowest BCUT2D eigenvalue weighted by atomic mass is 10.2. The number of piperazine rings is 1. The summed E-state index contributed by atoms with van der Waals surface area (Å²) in [4.78, 5) is 50.4. The second-order valence-corrected chi connectivity index (χ2v) is 7.18. The van der Waals surface area contributed by atoms with Crippen molar-refractivity contribution >= 4 is 29.2 Å². The minimum absolute atomic E-state index is 0.0217. The van der Waals surface area contributed by atoms with Gasteiger partial charge in [0.2, 0.25) is 0 Å². The molecule has 1 saturated heterocycles. The van der Waals surface area contributed by atoms with Gasteiger partial charge in [0.25, 0.3) is 17.5 Å². The van der Waals surface area contributed by atoms with Crippen molar-refractivity contribution in [3.05, 3.63) is 64.2 Å². The van der Waals surface area contributed by atoms with Crippen LogP contribution in [0.25, 0.3) is 0 Å². The first-order valence-corrected chi connectivity index (χ1v) is 10.2. The molecule has 1 aliphatic heterocycles. The third-order valence-electron chi connectivity index (χ3n) is 5.16. The van der Waals surface area contributed by atoms with E-state index in [1.54, 1.807) is 41.3 Å². The Hall–Kier alpha value is -4.15. The molecule has 174 valence electrons. The molecule has 0 aliphatic carbocycles. The van der Waals surface area contributed by atoms with Crippen LogP contribution in [0.2, 0.25) is 0 Å². The Balaban J connectivity index is 1.40. The predicted molar refractivity (Wildman–Crippen MR) is 118 cm³/mol. The first kappa shape index (κ1) is 23.5. The molecule has 2 aromatic rings. The number of nitro groups is 1. The summed E-state index contributed by atoms with van der Waals surface area (Å²) < 4.78 is 10.1. The van der Waals surface area contributed by atoms with Gasteiger partial charge in [-0.05, 0) is 24.3 Å². The van der Waals surface area contributed by atoms with Gasteiger partial charge < -0.3 is 24.6 Å². The number of nitro benzene ring substituents is 1. The summed E-state index contributed by atoms with van der Waals surface area (Å²) >= 11 is 0. The summed E-state index contributed by atoms with van der Waals surface area (Å²) in [6.07, 6.45) is 0. The van der Waals surface area contributed by atoms with E-state index >= 15 is 0 Å². The molecule has 33 heavy (non-hydrogen) atoms. The number of amides is 2. The zero-order chi connectivity index (χ0) is 23.8. The van der Waals surface area contributed by atoms with Crippen molar-refractivity contribution in [2.75, 3.05) is 51.3 Å². The van der Waals surface area contributed by atoms with E-state index < -0.39 is 23.4 Å². The van der Waals surface area contributed by atoms with Crippen LogP contribution in [-0.2, 0) is 14.3 Å². The maximum Gasteiger partial charge on any atom is 0.325 e. The smallest absolute Gasteiger partial charge is 0.325 e. The highest BCUT2D eigenvalue weighted by Crippen LogP contribution is 2.20. The van der Waals surface area contributed by atoms with Crippen LogP contribution in [0, 0.1) is 10.1 Å². The molecule has 0 saturated carbocycles. The van der Waals surface area contributed by atoms with Gasteiger partial charge in [0.15, 0.2) is 6.61 Å². The third-order valence-corrected chi connectivity index (χ3v) is 5.16. The van der Waals surface area contributed by atoms with E-state index in [1.807, 2.05) is 4.90 Å².